The predicted octanol–water partition coefficient (Wildman–Crippen LogP) is 5.32. The molecular formula is C23H18BrN3O3. The smallest absolute Gasteiger partial charge is 0.335 e. The van der Waals surface area contributed by atoms with Gasteiger partial charge in [-0.1, -0.05) is 15.9 Å². The second-order valence-corrected chi connectivity index (χ2v) is 7.62. The number of nitrogens with zero attached hydrogens (tertiary/aromatic N) is 2. The van der Waals surface area contributed by atoms with E-state index in [1.807, 2.05) is 42.6 Å². The van der Waals surface area contributed by atoms with Crippen molar-refractivity contribution in [2.24, 2.45) is 0 Å². The number of halogens is 1. The number of rotatable bonds is 6. The molecule has 0 aliphatic heterocycles. The second kappa shape index (κ2) is 8.42. The maximum Gasteiger partial charge on any atom is 0.335 e. The minimum atomic E-state index is -0.966. The molecule has 3 aromatic carbocycles. The quantitative estimate of drug-likeness (QED) is 0.360. The highest BCUT2D eigenvalue weighted by Crippen LogP contribution is 2.26. The van der Waals surface area contributed by atoms with Crippen molar-refractivity contribution in [3.63, 3.8) is 0 Å². The molecule has 1 aromatic heterocycles. The minimum absolute atomic E-state index is 0.192. The zero-order valence-electron chi connectivity index (χ0n) is 15.8. The summed E-state index contributed by atoms with van der Waals surface area (Å²) in [6, 6.07) is 21.4. The summed E-state index contributed by atoms with van der Waals surface area (Å²) in [6.07, 6.45) is 1.92. The van der Waals surface area contributed by atoms with E-state index in [4.69, 9.17) is 10.2 Å². The summed E-state index contributed by atoms with van der Waals surface area (Å²) in [5.41, 5.74) is 4.58. The third kappa shape index (κ3) is 4.36. The first-order chi connectivity index (χ1) is 14.5. The fraction of sp³-hybridized carbons (Fsp3) is 0.0435. The van der Waals surface area contributed by atoms with Crippen molar-refractivity contribution in [1.82, 2.24) is 9.78 Å². The highest BCUT2D eigenvalue weighted by atomic mass is 79.9. The first kappa shape index (κ1) is 19.7. The fourth-order valence-electron chi connectivity index (χ4n) is 3.06. The number of carboxylic acid groups (broad SMARTS) is 1. The highest BCUT2D eigenvalue weighted by Gasteiger charge is 2.13. The molecule has 0 spiro atoms. The van der Waals surface area contributed by atoms with E-state index in [0.717, 1.165) is 32.7 Å². The van der Waals surface area contributed by atoms with Crippen LogP contribution in [0.25, 0.3) is 16.9 Å². The second-order valence-electron chi connectivity index (χ2n) is 6.71. The molecule has 3 N–H and O–H groups in total. The third-order valence-corrected chi connectivity index (χ3v) is 5.17. The van der Waals surface area contributed by atoms with Crippen LogP contribution >= 0.6 is 15.9 Å². The van der Waals surface area contributed by atoms with Gasteiger partial charge in [-0.15, -0.1) is 0 Å². The molecule has 0 aliphatic carbocycles. The van der Waals surface area contributed by atoms with Gasteiger partial charge in [0.25, 0.3) is 0 Å². The fourth-order valence-corrected chi connectivity index (χ4v) is 3.32. The molecular weight excluding hydrogens is 446 g/mol. The third-order valence-electron chi connectivity index (χ3n) is 4.64. The highest BCUT2D eigenvalue weighted by molar-refractivity contribution is 9.10. The summed E-state index contributed by atoms with van der Waals surface area (Å²) in [5.74, 6) is -0.775. The molecule has 0 saturated carbocycles. The first-order valence-corrected chi connectivity index (χ1v) is 10.00. The van der Waals surface area contributed by atoms with Crippen molar-refractivity contribution >= 4 is 27.6 Å². The molecule has 30 heavy (non-hydrogen) atoms. The lowest BCUT2D eigenvalue weighted by atomic mass is 10.1. The molecule has 6 nitrogen and oxygen atoms in total. The van der Waals surface area contributed by atoms with Gasteiger partial charge >= 0.3 is 5.97 Å². The number of carboxylic acids is 1. The summed E-state index contributed by atoms with van der Waals surface area (Å²) in [4.78, 5) is 11.1. The Balaban J connectivity index is 1.68. The van der Waals surface area contributed by atoms with Crippen molar-refractivity contribution in [1.29, 1.82) is 0 Å². The summed E-state index contributed by atoms with van der Waals surface area (Å²) >= 11 is 3.43. The van der Waals surface area contributed by atoms with Crippen LogP contribution in [-0.4, -0.2) is 26.0 Å². The van der Waals surface area contributed by atoms with Crippen LogP contribution in [0.4, 0.5) is 5.69 Å². The molecule has 1 heterocycles. The molecule has 0 fully saturated rings. The van der Waals surface area contributed by atoms with Gasteiger partial charge in [-0.3, -0.25) is 0 Å². The van der Waals surface area contributed by atoms with Crippen LogP contribution in [0.5, 0.6) is 5.75 Å². The predicted molar refractivity (Wildman–Crippen MR) is 119 cm³/mol. The number of benzene rings is 3. The van der Waals surface area contributed by atoms with E-state index >= 15 is 0 Å². The van der Waals surface area contributed by atoms with E-state index in [1.54, 1.807) is 41.1 Å². The van der Waals surface area contributed by atoms with Crippen LogP contribution in [0.1, 0.15) is 15.9 Å². The van der Waals surface area contributed by atoms with Crippen molar-refractivity contribution in [3.8, 4) is 22.7 Å². The molecule has 0 saturated heterocycles. The van der Waals surface area contributed by atoms with Gasteiger partial charge in [0, 0.05) is 34.0 Å². The molecule has 0 atom stereocenters. The van der Waals surface area contributed by atoms with Crippen LogP contribution < -0.4 is 5.32 Å². The zero-order valence-corrected chi connectivity index (χ0v) is 17.4. The number of aromatic carboxylic acids is 1. The van der Waals surface area contributed by atoms with Crippen molar-refractivity contribution < 1.29 is 15.0 Å². The summed E-state index contributed by atoms with van der Waals surface area (Å²) < 4.78 is 2.74. The van der Waals surface area contributed by atoms with E-state index in [1.165, 1.54) is 0 Å². The Bertz CT molecular complexity index is 1170. The van der Waals surface area contributed by atoms with Gasteiger partial charge < -0.3 is 15.5 Å². The molecule has 150 valence electrons. The van der Waals surface area contributed by atoms with Crippen LogP contribution in [0, 0.1) is 0 Å². The monoisotopic (exact) mass is 463 g/mol. The van der Waals surface area contributed by atoms with Gasteiger partial charge in [0.2, 0.25) is 0 Å². The van der Waals surface area contributed by atoms with Gasteiger partial charge in [-0.25, -0.2) is 9.48 Å². The number of hydrogen-bond acceptors (Lipinski definition) is 4. The maximum atomic E-state index is 11.1. The van der Waals surface area contributed by atoms with E-state index in [0.29, 0.717) is 6.54 Å². The molecule has 0 bridgehead atoms. The Hall–Kier alpha value is -3.58. The largest absolute Gasteiger partial charge is 0.508 e. The number of anilines is 1. The lowest BCUT2D eigenvalue weighted by molar-refractivity contribution is 0.0697. The Kier molecular flexibility index (Phi) is 5.54. The van der Waals surface area contributed by atoms with E-state index < -0.39 is 5.97 Å². The van der Waals surface area contributed by atoms with Crippen LogP contribution in [0.3, 0.4) is 0 Å². The van der Waals surface area contributed by atoms with E-state index in [-0.39, 0.29) is 11.3 Å². The van der Waals surface area contributed by atoms with Gasteiger partial charge in [-0.05, 0) is 72.8 Å². The molecule has 4 rings (SSSR count). The molecule has 0 unspecified atom stereocenters. The Morgan fingerprint density at radius 2 is 1.63 bits per heavy atom. The standard InChI is InChI=1S/C23H18BrN3O3/c24-18-5-7-19(8-6-18)25-13-17-14-27(20-9-1-16(2-10-20)23(29)30)26-22(17)15-3-11-21(28)12-4-15/h1-12,14,25,28H,13H2,(H,29,30). The summed E-state index contributed by atoms with van der Waals surface area (Å²) in [7, 11) is 0. The van der Waals surface area contributed by atoms with Crippen LogP contribution in [0.2, 0.25) is 0 Å². The number of hydrogen-bond donors (Lipinski definition) is 3. The minimum Gasteiger partial charge on any atom is -0.508 e. The van der Waals surface area contributed by atoms with Gasteiger partial charge in [-0.2, -0.15) is 5.10 Å². The number of phenols is 1. The summed E-state index contributed by atoms with van der Waals surface area (Å²) in [6.45, 7) is 0.547. The molecule has 7 heteroatoms. The zero-order chi connectivity index (χ0) is 21.1. The number of nitrogens with one attached hydrogen (secondary N) is 1. The van der Waals surface area contributed by atoms with Crippen LogP contribution in [0.15, 0.2) is 83.5 Å². The lowest BCUT2D eigenvalue weighted by Crippen LogP contribution is -2.00. The van der Waals surface area contributed by atoms with Gasteiger partial charge in [0.15, 0.2) is 0 Å². The Labute approximate surface area is 181 Å². The Morgan fingerprint density at radius 3 is 2.27 bits per heavy atom. The SMILES string of the molecule is O=C(O)c1ccc(-n2cc(CNc3ccc(Br)cc3)c(-c3ccc(O)cc3)n2)cc1. The van der Waals surface area contributed by atoms with Crippen molar-refractivity contribution in [2.45, 2.75) is 6.54 Å². The van der Waals surface area contributed by atoms with Crippen molar-refractivity contribution in [2.75, 3.05) is 5.32 Å². The van der Waals surface area contributed by atoms with E-state index in [2.05, 4.69) is 21.2 Å². The lowest BCUT2D eigenvalue weighted by Gasteiger charge is -2.07. The molecule has 0 amide bonds. The average molecular weight is 464 g/mol. The topological polar surface area (TPSA) is 87.4 Å². The normalized spacial score (nSPS) is 10.7. The number of carbonyl (C=O) groups is 1. The Morgan fingerprint density at radius 1 is 0.967 bits per heavy atom. The molecule has 0 aliphatic rings. The molecule has 4 aromatic rings. The number of aromatic hydroxyl groups is 1. The number of phenolic OH excluding ortho intramolecular Hbond substituents is 1. The first-order valence-electron chi connectivity index (χ1n) is 9.21. The van der Waals surface area contributed by atoms with Gasteiger partial charge in [0.1, 0.15) is 5.75 Å². The number of aromatic nitrogens is 2. The average Bonchev–Trinajstić information content (AvgIpc) is 3.18. The van der Waals surface area contributed by atoms with Crippen molar-refractivity contribution in [3.05, 3.63) is 94.6 Å². The summed E-state index contributed by atoms with van der Waals surface area (Å²) in [5, 5.41) is 26.8. The van der Waals surface area contributed by atoms with Gasteiger partial charge in [0.05, 0.1) is 16.9 Å². The molecule has 0 radical (unpaired) electrons. The van der Waals surface area contributed by atoms with E-state index in [9.17, 15) is 9.90 Å². The maximum absolute atomic E-state index is 11.1. The van der Waals surface area contributed by atoms with Crippen LogP contribution in [-0.2, 0) is 6.54 Å².